The molecule has 2 heterocycles. The largest absolute Gasteiger partial charge is 0.497 e. The van der Waals surface area contributed by atoms with Crippen LogP contribution in [0.4, 0.5) is 0 Å². The molecule has 2 aromatic carbocycles. The molecule has 0 radical (unpaired) electrons. The number of methoxy groups -OCH3 is 2. The molecule has 0 unspecified atom stereocenters. The first kappa shape index (κ1) is 33.3. The van der Waals surface area contributed by atoms with E-state index in [9.17, 15) is 28.8 Å². The average molecular weight is 697 g/mol. The van der Waals surface area contributed by atoms with Crippen LogP contribution in [0.25, 0.3) is 0 Å². The Morgan fingerprint density at radius 2 is 0.865 bits per heavy atom. The minimum absolute atomic E-state index is 0.00770. The second-order valence-corrected chi connectivity index (χ2v) is 13.8. The van der Waals surface area contributed by atoms with Gasteiger partial charge in [0.1, 0.15) is 22.9 Å². The Bertz CT molecular complexity index is 2210. The van der Waals surface area contributed by atoms with E-state index in [1.54, 1.807) is 47.6 Å². The topological polar surface area (TPSA) is 131 Å². The van der Waals surface area contributed by atoms with Gasteiger partial charge >= 0.3 is 0 Å². The van der Waals surface area contributed by atoms with Crippen molar-refractivity contribution in [1.29, 1.82) is 0 Å². The van der Waals surface area contributed by atoms with Gasteiger partial charge in [-0.15, -0.1) is 0 Å². The van der Waals surface area contributed by atoms with E-state index in [0.717, 1.165) is 11.1 Å². The highest BCUT2D eigenvalue weighted by Crippen LogP contribution is 2.44. The summed E-state index contributed by atoms with van der Waals surface area (Å²) < 4.78 is 14.1. The second-order valence-electron chi connectivity index (χ2n) is 13.8. The molecule has 4 aliphatic carbocycles. The fraction of sp³-hybridized carbons (Fsp3) is 0.286. The van der Waals surface area contributed by atoms with E-state index in [1.165, 1.54) is 13.8 Å². The van der Waals surface area contributed by atoms with Crippen LogP contribution in [-0.4, -0.2) is 58.1 Å². The number of carbonyl (C=O) groups excluding carboxylic acids is 6. The van der Waals surface area contributed by atoms with Crippen molar-refractivity contribution in [3.8, 4) is 11.5 Å². The fourth-order valence-electron chi connectivity index (χ4n) is 8.41. The number of ether oxygens (including phenoxy) is 2. The normalized spacial score (nSPS) is 17.0. The number of nitrogens with zero attached hydrogens (tertiary/aromatic N) is 2. The van der Waals surface area contributed by atoms with Gasteiger partial charge in [-0.2, -0.15) is 0 Å². The number of aromatic nitrogens is 2. The van der Waals surface area contributed by atoms with Crippen LogP contribution in [0.2, 0.25) is 0 Å². The molecule has 0 amide bonds. The Kier molecular flexibility index (Phi) is 7.93. The first-order valence-corrected chi connectivity index (χ1v) is 17.5. The van der Waals surface area contributed by atoms with Gasteiger partial charge in [-0.1, -0.05) is 24.3 Å². The first-order chi connectivity index (χ1) is 25.0. The predicted molar refractivity (Wildman–Crippen MR) is 190 cm³/mol. The summed E-state index contributed by atoms with van der Waals surface area (Å²) in [6.45, 7) is 3.37. The van der Waals surface area contributed by atoms with Gasteiger partial charge in [-0.3, -0.25) is 28.8 Å². The summed E-state index contributed by atoms with van der Waals surface area (Å²) in [7, 11) is 3.14. The highest BCUT2D eigenvalue weighted by Gasteiger charge is 2.47. The van der Waals surface area contributed by atoms with Gasteiger partial charge in [0.2, 0.25) is 11.6 Å². The summed E-state index contributed by atoms with van der Waals surface area (Å²) in [4.78, 5) is 85.6. The molecule has 4 aromatic rings. The number of hydrogen-bond donors (Lipinski definition) is 0. The van der Waals surface area contributed by atoms with E-state index in [2.05, 4.69) is 0 Å². The van der Waals surface area contributed by atoms with Crippen LogP contribution in [-0.2, 0) is 25.9 Å². The molecule has 8 rings (SSSR count). The molecule has 52 heavy (non-hydrogen) atoms. The van der Waals surface area contributed by atoms with Gasteiger partial charge in [-0.05, 0) is 74.9 Å². The van der Waals surface area contributed by atoms with Crippen molar-refractivity contribution in [2.75, 3.05) is 14.2 Å². The minimum atomic E-state index is -0.587. The molecule has 0 aliphatic heterocycles. The number of fused-ring (bicyclic) bond motifs is 6. The molecular formula is C42H36N2O8. The molecule has 10 heteroatoms. The highest BCUT2D eigenvalue weighted by atomic mass is 16.5. The molecule has 0 saturated heterocycles. The van der Waals surface area contributed by atoms with E-state index >= 15 is 0 Å². The van der Waals surface area contributed by atoms with Crippen LogP contribution in [0.3, 0.4) is 0 Å². The van der Waals surface area contributed by atoms with Crippen molar-refractivity contribution in [3.05, 3.63) is 127 Å². The van der Waals surface area contributed by atoms with Gasteiger partial charge in [-0.25, -0.2) is 0 Å². The van der Waals surface area contributed by atoms with Gasteiger partial charge in [0.05, 0.1) is 36.5 Å². The molecular weight excluding hydrogens is 660 g/mol. The molecule has 0 atom stereocenters. The van der Waals surface area contributed by atoms with Crippen molar-refractivity contribution in [3.63, 3.8) is 0 Å². The maximum atomic E-state index is 15.0. The molecule has 262 valence electrons. The van der Waals surface area contributed by atoms with Gasteiger partial charge < -0.3 is 18.6 Å². The van der Waals surface area contributed by atoms with Gasteiger partial charge in [0.15, 0.2) is 23.1 Å². The number of rotatable bonds is 7. The van der Waals surface area contributed by atoms with Crippen molar-refractivity contribution >= 4 is 34.7 Å². The standard InChI is InChI=1S/C42H36N2O8/c1-21-31(41(49)37-35(39(21)47)33-27(7-5-9-29(33)45)43(37)19-23-11-15-25(51-3)16-12-23)32-22(2)40(48)36-34-28(8-6-10-30(34)46)44(38(36)42(32)50)20-24-13-17-26(52-4)18-14-24/h11-18H,5-10,19-20H2,1-4H3. The van der Waals surface area contributed by atoms with E-state index < -0.39 is 23.1 Å². The number of benzene rings is 2. The Morgan fingerprint density at radius 3 is 1.21 bits per heavy atom. The maximum absolute atomic E-state index is 15.0. The summed E-state index contributed by atoms with van der Waals surface area (Å²) in [6, 6.07) is 14.6. The molecule has 0 saturated carbocycles. The number of hydrogen-bond acceptors (Lipinski definition) is 8. The fourth-order valence-corrected chi connectivity index (χ4v) is 8.41. The summed E-state index contributed by atoms with van der Waals surface area (Å²) in [5.41, 5.74) is 3.39. The molecule has 10 nitrogen and oxygen atoms in total. The number of carbonyl (C=O) groups is 6. The van der Waals surface area contributed by atoms with E-state index in [-0.39, 0.29) is 93.4 Å². The number of allylic oxidation sites excluding steroid dienone is 4. The SMILES string of the molecule is COc1ccc(Cn2c3c(c4c2C(=O)C(C2=C(C)C(=O)c5c6c(n(Cc7ccc(OC)cc7)c5C2=O)CCCC6=O)=C(C)C4=O)C(=O)CCC3)cc1. The van der Waals surface area contributed by atoms with Crippen LogP contribution in [0.15, 0.2) is 70.8 Å². The maximum Gasteiger partial charge on any atom is 0.211 e. The third kappa shape index (κ3) is 4.84. The summed E-state index contributed by atoms with van der Waals surface area (Å²) in [5, 5.41) is 0. The monoisotopic (exact) mass is 696 g/mol. The first-order valence-electron chi connectivity index (χ1n) is 17.5. The Hall–Kier alpha value is -5.90. The molecule has 0 spiro atoms. The number of Topliss-reactive ketones (excluding diaryl/α,β-unsaturated/α-hetero) is 6. The minimum Gasteiger partial charge on any atom is -0.497 e. The predicted octanol–water partition coefficient (Wildman–Crippen LogP) is 6.53. The highest BCUT2D eigenvalue weighted by molar-refractivity contribution is 6.38. The van der Waals surface area contributed by atoms with E-state index in [4.69, 9.17) is 9.47 Å². The zero-order valence-corrected chi connectivity index (χ0v) is 29.4. The average Bonchev–Trinajstić information content (AvgIpc) is 3.66. The summed E-state index contributed by atoms with van der Waals surface area (Å²) in [5.74, 6) is -1.28. The lowest BCUT2D eigenvalue weighted by Crippen LogP contribution is -2.31. The van der Waals surface area contributed by atoms with Gasteiger partial charge in [0.25, 0.3) is 0 Å². The molecule has 4 aliphatic rings. The van der Waals surface area contributed by atoms with Crippen molar-refractivity contribution in [2.45, 2.75) is 65.5 Å². The van der Waals surface area contributed by atoms with Crippen molar-refractivity contribution < 1.29 is 38.2 Å². The van der Waals surface area contributed by atoms with E-state index in [1.807, 2.05) is 24.3 Å². The molecule has 0 N–H and O–H groups in total. The van der Waals surface area contributed by atoms with Crippen LogP contribution in [0, 0.1) is 0 Å². The Morgan fingerprint density at radius 1 is 0.500 bits per heavy atom. The van der Waals surface area contributed by atoms with Gasteiger partial charge in [0, 0.05) is 59.6 Å². The smallest absolute Gasteiger partial charge is 0.211 e. The van der Waals surface area contributed by atoms with Crippen LogP contribution < -0.4 is 9.47 Å². The lowest BCUT2D eigenvalue weighted by atomic mass is 9.75. The van der Waals surface area contributed by atoms with Crippen LogP contribution in [0.5, 0.6) is 11.5 Å². The van der Waals surface area contributed by atoms with Crippen molar-refractivity contribution in [2.24, 2.45) is 0 Å². The van der Waals surface area contributed by atoms with Crippen LogP contribution in [0.1, 0.15) is 124 Å². The zero-order valence-electron chi connectivity index (χ0n) is 29.4. The van der Waals surface area contributed by atoms with Crippen LogP contribution >= 0.6 is 0 Å². The summed E-state index contributed by atoms with van der Waals surface area (Å²) in [6.07, 6.45) is 2.68. The Balaban J connectivity index is 1.29. The lowest BCUT2D eigenvalue weighted by molar-refractivity contribution is 0.0936. The van der Waals surface area contributed by atoms with E-state index in [0.29, 0.717) is 48.6 Å². The van der Waals surface area contributed by atoms with Crippen molar-refractivity contribution in [1.82, 2.24) is 9.13 Å². The molecule has 0 fully saturated rings. The second kappa shape index (κ2) is 12.4. The molecule has 2 aromatic heterocycles. The third-order valence-corrected chi connectivity index (χ3v) is 11.0. The molecule has 0 bridgehead atoms. The zero-order chi connectivity index (χ0) is 36.6. The quantitative estimate of drug-likeness (QED) is 0.213. The number of ketones is 6. The third-order valence-electron chi connectivity index (χ3n) is 11.0. The lowest BCUT2D eigenvalue weighted by Gasteiger charge is -2.25. The Labute approximate surface area is 299 Å². The summed E-state index contributed by atoms with van der Waals surface area (Å²) >= 11 is 0.